The Balaban J connectivity index is 1.78. The number of hydrogen-bond acceptors (Lipinski definition) is 6. The van der Waals surface area contributed by atoms with Crippen LogP contribution in [0.3, 0.4) is 0 Å². The number of nitro benzene ring substituents is 1. The molecule has 1 fully saturated rings. The molecule has 0 radical (unpaired) electrons. The van der Waals surface area contributed by atoms with Crippen LogP contribution in [0.2, 0.25) is 0 Å². The molecule has 1 atom stereocenters. The van der Waals surface area contributed by atoms with Gasteiger partial charge in [0.05, 0.1) is 9.82 Å². The Morgan fingerprint density at radius 3 is 2.46 bits per heavy atom. The summed E-state index contributed by atoms with van der Waals surface area (Å²) in [6.07, 6.45) is 0. The van der Waals surface area contributed by atoms with Crippen LogP contribution in [0.15, 0.2) is 47.4 Å². The van der Waals surface area contributed by atoms with Gasteiger partial charge >= 0.3 is 0 Å². The lowest BCUT2D eigenvalue weighted by Crippen LogP contribution is -2.53. The number of pyridine rings is 1. The van der Waals surface area contributed by atoms with E-state index in [0.717, 1.165) is 0 Å². The number of hydrogen-bond donors (Lipinski definition) is 0. The van der Waals surface area contributed by atoms with Gasteiger partial charge in [0.15, 0.2) is 0 Å². The highest BCUT2D eigenvalue weighted by Crippen LogP contribution is 2.24. The fraction of sp³-hybridized carbons (Fsp3) is 0.312. The van der Waals surface area contributed by atoms with E-state index in [0.29, 0.717) is 12.4 Å². The summed E-state index contributed by atoms with van der Waals surface area (Å²) >= 11 is 0. The molecule has 0 bridgehead atoms. The molecule has 1 unspecified atom stereocenters. The van der Waals surface area contributed by atoms with E-state index in [9.17, 15) is 22.9 Å². The number of non-ortho nitro benzene ring substituents is 1. The Kier molecular flexibility index (Phi) is 4.88. The van der Waals surface area contributed by atoms with Crippen LogP contribution in [-0.2, 0) is 10.0 Å². The van der Waals surface area contributed by atoms with Crippen molar-refractivity contribution in [3.05, 3.63) is 58.5 Å². The summed E-state index contributed by atoms with van der Waals surface area (Å²) in [6.45, 7) is 2.62. The van der Waals surface area contributed by atoms with Crippen molar-refractivity contribution in [2.24, 2.45) is 0 Å². The molecule has 1 aromatic heterocycles. The van der Waals surface area contributed by atoms with Crippen LogP contribution < -0.4 is 4.90 Å². The molecule has 3 rings (SSSR count). The van der Waals surface area contributed by atoms with Crippen LogP contribution in [0.1, 0.15) is 6.92 Å². The molecule has 1 aliphatic heterocycles. The normalized spacial score (nSPS) is 18.7. The molecule has 2 aromatic rings. The van der Waals surface area contributed by atoms with Crippen LogP contribution in [0.5, 0.6) is 0 Å². The monoisotopic (exact) mass is 380 g/mol. The number of nitrogens with zero attached hydrogens (tertiary/aromatic N) is 4. The van der Waals surface area contributed by atoms with Crippen LogP contribution in [-0.4, -0.2) is 48.3 Å². The lowest BCUT2D eigenvalue weighted by molar-refractivity contribution is -0.384. The molecular formula is C16H17FN4O4S. The second-order valence-electron chi connectivity index (χ2n) is 5.97. The van der Waals surface area contributed by atoms with Crippen molar-refractivity contribution in [2.75, 3.05) is 24.5 Å². The zero-order valence-corrected chi connectivity index (χ0v) is 14.8. The van der Waals surface area contributed by atoms with E-state index >= 15 is 0 Å². The van der Waals surface area contributed by atoms with E-state index in [4.69, 9.17) is 0 Å². The zero-order chi connectivity index (χ0) is 18.9. The molecule has 0 N–H and O–H groups in total. The van der Waals surface area contributed by atoms with Crippen molar-refractivity contribution in [1.82, 2.24) is 9.29 Å². The number of benzene rings is 1. The Labute approximate surface area is 150 Å². The minimum Gasteiger partial charge on any atom is -0.351 e. The van der Waals surface area contributed by atoms with Crippen molar-refractivity contribution >= 4 is 21.5 Å². The summed E-state index contributed by atoms with van der Waals surface area (Å²) < 4.78 is 40.2. The molecule has 1 aromatic carbocycles. The molecule has 1 aliphatic rings. The number of piperazine rings is 1. The smallest absolute Gasteiger partial charge is 0.269 e. The van der Waals surface area contributed by atoms with Gasteiger partial charge in [-0.05, 0) is 31.2 Å². The van der Waals surface area contributed by atoms with Gasteiger partial charge in [0.2, 0.25) is 16.0 Å². The number of sulfonamides is 1. The molecule has 2 heterocycles. The van der Waals surface area contributed by atoms with E-state index in [2.05, 4.69) is 4.98 Å². The average molecular weight is 380 g/mol. The Hall–Kier alpha value is -2.59. The average Bonchev–Trinajstić information content (AvgIpc) is 2.61. The van der Waals surface area contributed by atoms with Gasteiger partial charge in [-0.25, -0.2) is 13.4 Å². The Morgan fingerprint density at radius 1 is 1.19 bits per heavy atom. The van der Waals surface area contributed by atoms with E-state index in [1.807, 2.05) is 11.8 Å². The Morgan fingerprint density at radius 2 is 1.88 bits per heavy atom. The molecule has 8 nitrogen and oxygen atoms in total. The first-order chi connectivity index (χ1) is 12.3. The number of halogens is 1. The van der Waals surface area contributed by atoms with Gasteiger partial charge < -0.3 is 4.90 Å². The third-order valence-electron chi connectivity index (χ3n) is 4.27. The predicted molar refractivity (Wildman–Crippen MR) is 92.9 cm³/mol. The summed E-state index contributed by atoms with van der Waals surface area (Å²) in [5, 5.41) is 10.7. The number of rotatable bonds is 4. The third kappa shape index (κ3) is 3.51. The van der Waals surface area contributed by atoms with E-state index in [1.165, 1.54) is 34.6 Å². The van der Waals surface area contributed by atoms with Crippen molar-refractivity contribution in [2.45, 2.75) is 17.9 Å². The topological polar surface area (TPSA) is 96.6 Å². The van der Waals surface area contributed by atoms with Gasteiger partial charge in [-0.15, -0.1) is 0 Å². The highest BCUT2D eigenvalue weighted by atomic mass is 32.2. The molecule has 0 amide bonds. The van der Waals surface area contributed by atoms with Gasteiger partial charge in [-0.2, -0.15) is 8.70 Å². The van der Waals surface area contributed by atoms with Crippen molar-refractivity contribution < 1.29 is 17.7 Å². The van der Waals surface area contributed by atoms with Crippen molar-refractivity contribution in [1.29, 1.82) is 0 Å². The Bertz CT molecular complexity index is 920. The molecule has 0 saturated carbocycles. The number of anilines is 1. The van der Waals surface area contributed by atoms with E-state index in [1.54, 1.807) is 12.1 Å². The van der Waals surface area contributed by atoms with E-state index < -0.39 is 20.9 Å². The number of nitro groups is 1. The first kappa shape index (κ1) is 18.2. The van der Waals surface area contributed by atoms with Gasteiger partial charge in [0.25, 0.3) is 5.69 Å². The quantitative estimate of drug-likeness (QED) is 0.457. The van der Waals surface area contributed by atoms with Gasteiger partial charge in [0.1, 0.15) is 5.82 Å². The maximum absolute atomic E-state index is 13.3. The summed E-state index contributed by atoms with van der Waals surface area (Å²) in [7, 11) is -3.76. The summed E-state index contributed by atoms with van der Waals surface area (Å²) in [5.74, 6) is -0.125. The largest absolute Gasteiger partial charge is 0.351 e. The maximum atomic E-state index is 13.3. The number of aromatic nitrogens is 1. The molecule has 0 aliphatic carbocycles. The van der Waals surface area contributed by atoms with Gasteiger partial charge in [0, 0.05) is 37.8 Å². The fourth-order valence-electron chi connectivity index (χ4n) is 2.93. The minimum absolute atomic E-state index is 0.00707. The molecule has 1 saturated heterocycles. The molecule has 0 spiro atoms. The van der Waals surface area contributed by atoms with Crippen molar-refractivity contribution in [3.63, 3.8) is 0 Å². The molecule has 26 heavy (non-hydrogen) atoms. The predicted octanol–water partition coefficient (Wildman–Crippen LogP) is 2.03. The fourth-order valence-corrected chi connectivity index (χ4v) is 4.44. The van der Waals surface area contributed by atoms with Crippen LogP contribution in [0.25, 0.3) is 0 Å². The van der Waals surface area contributed by atoms with Crippen molar-refractivity contribution in [3.8, 4) is 0 Å². The van der Waals surface area contributed by atoms with Gasteiger partial charge in [-0.1, -0.05) is 6.07 Å². The maximum Gasteiger partial charge on any atom is 0.269 e. The summed E-state index contributed by atoms with van der Waals surface area (Å²) in [5.41, 5.74) is -0.167. The first-order valence-corrected chi connectivity index (χ1v) is 9.37. The first-order valence-electron chi connectivity index (χ1n) is 7.93. The molecule has 138 valence electrons. The van der Waals surface area contributed by atoms with Crippen LogP contribution in [0.4, 0.5) is 15.9 Å². The van der Waals surface area contributed by atoms with Crippen LogP contribution in [0, 0.1) is 16.1 Å². The third-order valence-corrected chi connectivity index (χ3v) is 6.15. The highest BCUT2D eigenvalue weighted by molar-refractivity contribution is 7.89. The second-order valence-corrected chi connectivity index (χ2v) is 7.91. The second kappa shape index (κ2) is 6.96. The van der Waals surface area contributed by atoms with E-state index in [-0.39, 0.29) is 29.7 Å². The summed E-state index contributed by atoms with van der Waals surface area (Å²) in [6, 6.07) is 9.10. The minimum atomic E-state index is -3.76. The molecular weight excluding hydrogens is 363 g/mol. The van der Waals surface area contributed by atoms with Crippen LogP contribution >= 0.6 is 0 Å². The summed E-state index contributed by atoms with van der Waals surface area (Å²) in [4.78, 5) is 15.8. The SMILES string of the molecule is CC1CN(S(=O)(=O)c2ccc([N+](=O)[O-])cc2)CCN1c1cccc(F)n1. The lowest BCUT2D eigenvalue weighted by atomic mass is 10.2. The van der Waals surface area contributed by atoms with Gasteiger partial charge in [-0.3, -0.25) is 10.1 Å². The molecule has 10 heteroatoms. The zero-order valence-electron chi connectivity index (χ0n) is 13.9. The highest BCUT2D eigenvalue weighted by Gasteiger charge is 2.33. The lowest BCUT2D eigenvalue weighted by Gasteiger charge is -2.39. The standard InChI is InChI=1S/C16H17FN4O4S/c1-12-11-19(9-10-20(12)16-4-2-3-15(17)18-16)26(24,25)14-7-5-13(6-8-14)21(22)23/h2-8,12H,9-11H2,1H3.